The summed E-state index contributed by atoms with van der Waals surface area (Å²) < 4.78 is 0. The predicted molar refractivity (Wildman–Crippen MR) is 99.1 cm³/mol. The van der Waals surface area contributed by atoms with Gasteiger partial charge in [-0.05, 0) is 23.3 Å². The summed E-state index contributed by atoms with van der Waals surface area (Å²) in [6.45, 7) is 1.39. The Hall–Kier alpha value is -2.86. The van der Waals surface area contributed by atoms with E-state index in [0.29, 0.717) is 5.02 Å². The number of hydrogen-bond donors (Lipinski definition) is 3. The molecule has 0 fully saturated rings. The summed E-state index contributed by atoms with van der Waals surface area (Å²) in [5, 5.41) is 3.33. The summed E-state index contributed by atoms with van der Waals surface area (Å²) in [6, 6.07) is 15.6. The van der Waals surface area contributed by atoms with Gasteiger partial charge in [0.05, 0.1) is 18.9 Å². The quantitative estimate of drug-likeness (QED) is 0.679. The Morgan fingerprint density at radius 3 is 2.15 bits per heavy atom. The highest BCUT2D eigenvalue weighted by atomic mass is 35.5. The van der Waals surface area contributed by atoms with Crippen molar-refractivity contribution in [2.24, 2.45) is 0 Å². The average molecular weight is 374 g/mol. The molecule has 0 saturated heterocycles. The molecule has 136 valence electrons. The summed E-state index contributed by atoms with van der Waals surface area (Å²) in [4.78, 5) is 35.4. The van der Waals surface area contributed by atoms with Gasteiger partial charge in [-0.25, -0.2) is 0 Å². The lowest BCUT2D eigenvalue weighted by atomic mass is 10.0. The van der Waals surface area contributed by atoms with Gasteiger partial charge in [-0.2, -0.15) is 0 Å². The largest absolute Gasteiger partial charge is 0.349 e. The van der Waals surface area contributed by atoms with E-state index in [2.05, 4.69) is 16.2 Å². The molecule has 0 spiro atoms. The molecule has 2 aromatic rings. The molecule has 0 aliphatic carbocycles. The Morgan fingerprint density at radius 2 is 1.54 bits per heavy atom. The lowest BCUT2D eigenvalue weighted by Crippen LogP contribution is -2.43. The topological polar surface area (TPSA) is 87.3 Å². The van der Waals surface area contributed by atoms with Gasteiger partial charge in [0.2, 0.25) is 17.7 Å². The van der Waals surface area contributed by atoms with E-state index < -0.39 is 11.9 Å². The molecule has 0 saturated carbocycles. The first-order chi connectivity index (χ1) is 12.4. The normalized spacial score (nSPS) is 11.3. The monoisotopic (exact) mass is 373 g/mol. The summed E-state index contributed by atoms with van der Waals surface area (Å²) >= 11 is 5.80. The minimum Gasteiger partial charge on any atom is -0.349 e. The maximum absolute atomic E-state index is 12.1. The molecule has 0 aromatic heterocycles. The van der Waals surface area contributed by atoms with Gasteiger partial charge < -0.3 is 5.32 Å². The van der Waals surface area contributed by atoms with Crippen molar-refractivity contribution in [3.05, 3.63) is 70.7 Å². The second-order valence-electron chi connectivity index (χ2n) is 5.77. The molecule has 2 rings (SSSR count). The van der Waals surface area contributed by atoms with Crippen LogP contribution in [0.1, 0.15) is 30.5 Å². The summed E-state index contributed by atoms with van der Waals surface area (Å²) in [5.74, 6) is -0.994. The third kappa shape index (κ3) is 6.57. The molecule has 6 nitrogen and oxygen atoms in total. The first kappa shape index (κ1) is 19.5. The fourth-order valence-corrected chi connectivity index (χ4v) is 2.52. The van der Waals surface area contributed by atoms with E-state index in [-0.39, 0.29) is 24.7 Å². The third-order valence-electron chi connectivity index (χ3n) is 3.59. The molecule has 0 radical (unpaired) electrons. The fourth-order valence-electron chi connectivity index (χ4n) is 2.39. The number of halogens is 1. The number of hydrazine groups is 1. The number of carbonyl (C=O) groups excluding carboxylic acids is 3. The van der Waals surface area contributed by atoms with E-state index in [1.807, 2.05) is 30.3 Å². The van der Waals surface area contributed by atoms with Gasteiger partial charge in [0.1, 0.15) is 0 Å². The van der Waals surface area contributed by atoms with Gasteiger partial charge >= 0.3 is 0 Å². The summed E-state index contributed by atoms with van der Waals surface area (Å²) in [5.41, 5.74) is 6.33. The standard InChI is InChI=1S/C19H20ClN3O3/c1-13(24)21-17(15-5-3-2-4-6-15)12-19(26)23-22-18(25)11-14-7-9-16(20)10-8-14/h2-10,17H,11-12H2,1H3,(H,21,24)(H,22,25)(H,23,26). The van der Waals surface area contributed by atoms with Crippen LogP contribution in [0.4, 0.5) is 0 Å². The predicted octanol–water partition coefficient (Wildman–Crippen LogP) is 2.30. The van der Waals surface area contributed by atoms with Crippen LogP contribution < -0.4 is 16.2 Å². The number of benzene rings is 2. The first-order valence-electron chi connectivity index (χ1n) is 8.08. The van der Waals surface area contributed by atoms with Crippen LogP contribution in [0.25, 0.3) is 0 Å². The highest BCUT2D eigenvalue weighted by Crippen LogP contribution is 2.16. The number of carbonyl (C=O) groups is 3. The van der Waals surface area contributed by atoms with E-state index in [1.54, 1.807) is 24.3 Å². The lowest BCUT2D eigenvalue weighted by Gasteiger charge is -2.18. The zero-order valence-corrected chi connectivity index (χ0v) is 15.0. The molecule has 2 aromatic carbocycles. The molecule has 0 aliphatic heterocycles. The van der Waals surface area contributed by atoms with Gasteiger partial charge in [-0.1, -0.05) is 54.1 Å². The second-order valence-corrected chi connectivity index (χ2v) is 6.20. The first-order valence-corrected chi connectivity index (χ1v) is 8.46. The minimum absolute atomic E-state index is 0.00478. The number of nitrogens with one attached hydrogen (secondary N) is 3. The average Bonchev–Trinajstić information content (AvgIpc) is 2.62. The van der Waals surface area contributed by atoms with Crippen LogP contribution in [0.15, 0.2) is 54.6 Å². The lowest BCUT2D eigenvalue weighted by molar-refractivity contribution is -0.129. The Labute approximate surface area is 156 Å². The van der Waals surface area contributed by atoms with E-state index >= 15 is 0 Å². The van der Waals surface area contributed by atoms with Crippen molar-refractivity contribution < 1.29 is 14.4 Å². The van der Waals surface area contributed by atoms with Gasteiger partial charge in [0.25, 0.3) is 0 Å². The van der Waals surface area contributed by atoms with Crippen LogP contribution in [-0.4, -0.2) is 17.7 Å². The molecule has 1 atom stereocenters. The van der Waals surface area contributed by atoms with Crippen molar-refractivity contribution in [1.29, 1.82) is 0 Å². The van der Waals surface area contributed by atoms with E-state index in [1.165, 1.54) is 6.92 Å². The van der Waals surface area contributed by atoms with Crippen LogP contribution in [0.2, 0.25) is 5.02 Å². The molecule has 3 amide bonds. The summed E-state index contributed by atoms with van der Waals surface area (Å²) in [6.07, 6.45) is 0.121. The highest BCUT2D eigenvalue weighted by molar-refractivity contribution is 6.30. The fraction of sp³-hybridized carbons (Fsp3) is 0.211. The number of rotatable bonds is 6. The zero-order valence-electron chi connectivity index (χ0n) is 14.3. The van der Waals surface area contributed by atoms with Gasteiger partial charge in [0, 0.05) is 11.9 Å². The molecule has 0 heterocycles. The highest BCUT2D eigenvalue weighted by Gasteiger charge is 2.17. The van der Waals surface area contributed by atoms with Gasteiger partial charge in [-0.15, -0.1) is 0 Å². The van der Waals surface area contributed by atoms with E-state index in [0.717, 1.165) is 11.1 Å². The zero-order chi connectivity index (χ0) is 18.9. The van der Waals surface area contributed by atoms with Crippen molar-refractivity contribution in [2.45, 2.75) is 25.8 Å². The Bertz CT molecular complexity index is 763. The maximum Gasteiger partial charge on any atom is 0.242 e. The smallest absolute Gasteiger partial charge is 0.242 e. The number of hydrogen-bond acceptors (Lipinski definition) is 3. The van der Waals surface area contributed by atoms with Crippen molar-refractivity contribution >= 4 is 29.3 Å². The Balaban J connectivity index is 1.86. The number of amides is 3. The van der Waals surface area contributed by atoms with Gasteiger partial charge in [-0.3, -0.25) is 25.2 Å². The van der Waals surface area contributed by atoms with Crippen molar-refractivity contribution in [2.75, 3.05) is 0 Å². The summed E-state index contributed by atoms with van der Waals surface area (Å²) in [7, 11) is 0. The Kier molecular flexibility index (Phi) is 7.17. The molecule has 1 unspecified atom stereocenters. The van der Waals surface area contributed by atoms with Crippen LogP contribution in [0.5, 0.6) is 0 Å². The molecule has 26 heavy (non-hydrogen) atoms. The second kappa shape index (κ2) is 9.58. The van der Waals surface area contributed by atoms with Crippen LogP contribution in [-0.2, 0) is 20.8 Å². The van der Waals surface area contributed by atoms with E-state index in [9.17, 15) is 14.4 Å². The van der Waals surface area contributed by atoms with Crippen LogP contribution in [0, 0.1) is 0 Å². The third-order valence-corrected chi connectivity index (χ3v) is 3.84. The maximum atomic E-state index is 12.1. The minimum atomic E-state index is -0.470. The van der Waals surface area contributed by atoms with Gasteiger partial charge in [0.15, 0.2) is 0 Å². The van der Waals surface area contributed by atoms with Crippen LogP contribution >= 0.6 is 11.6 Å². The van der Waals surface area contributed by atoms with Crippen molar-refractivity contribution in [3.8, 4) is 0 Å². The molecular weight excluding hydrogens is 354 g/mol. The SMILES string of the molecule is CC(=O)NC(CC(=O)NNC(=O)Cc1ccc(Cl)cc1)c1ccccc1. The molecule has 7 heteroatoms. The molecule has 0 bridgehead atoms. The Morgan fingerprint density at radius 1 is 0.923 bits per heavy atom. The van der Waals surface area contributed by atoms with Crippen molar-refractivity contribution in [1.82, 2.24) is 16.2 Å². The van der Waals surface area contributed by atoms with Crippen molar-refractivity contribution in [3.63, 3.8) is 0 Å². The molecular formula is C19H20ClN3O3. The molecule has 0 aliphatic rings. The van der Waals surface area contributed by atoms with Crippen LogP contribution in [0.3, 0.4) is 0 Å². The molecule has 3 N–H and O–H groups in total. The van der Waals surface area contributed by atoms with E-state index in [4.69, 9.17) is 11.6 Å².